The van der Waals surface area contributed by atoms with Gasteiger partial charge in [0.05, 0.1) is 0 Å². The number of benzene rings is 3. The van der Waals surface area contributed by atoms with E-state index in [2.05, 4.69) is 24.3 Å². The Morgan fingerprint density at radius 3 is 2.48 bits per heavy atom. The van der Waals surface area contributed by atoms with Gasteiger partial charge < -0.3 is 5.11 Å². The Balaban J connectivity index is 1.72. The smallest absolute Gasteiger partial charge is 0.134 e. The molecule has 0 saturated heterocycles. The minimum Gasteiger partial charge on any atom is -0.378 e. The fourth-order valence-corrected chi connectivity index (χ4v) is 3.28. The summed E-state index contributed by atoms with van der Waals surface area (Å²) in [4.78, 5) is 4.72. The maximum Gasteiger partial charge on any atom is 0.134 e. The first-order chi connectivity index (χ1) is 12.3. The number of hydrogen-bond donors (Lipinski definition) is 1. The molecule has 0 amide bonds. The van der Waals surface area contributed by atoms with E-state index in [1.165, 1.54) is 5.39 Å². The monoisotopic (exact) mass is 325 g/mol. The molecule has 25 heavy (non-hydrogen) atoms. The van der Waals surface area contributed by atoms with Crippen molar-refractivity contribution in [3.8, 4) is 0 Å². The topological polar surface area (TPSA) is 32.6 Å². The number of fused-ring (bicyclic) bond motifs is 1. The van der Waals surface area contributed by atoms with Crippen molar-refractivity contribution in [1.82, 2.24) is 0 Å². The number of nitrogens with zero attached hydrogens (tertiary/aromatic N) is 1. The van der Waals surface area contributed by atoms with E-state index in [-0.39, 0.29) is 6.04 Å². The van der Waals surface area contributed by atoms with Gasteiger partial charge in [0.2, 0.25) is 0 Å². The molecule has 0 spiro atoms. The van der Waals surface area contributed by atoms with Gasteiger partial charge >= 0.3 is 0 Å². The van der Waals surface area contributed by atoms with Crippen molar-refractivity contribution in [2.24, 2.45) is 4.99 Å². The maximum atomic E-state index is 11.2. The summed E-state index contributed by atoms with van der Waals surface area (Å²) in [5.74, 6) is 0. The van der Waals surface area contributed by atoms with Crippen LogP contribution in [0.3, 0.4) is 0 Å². The zero-order chi connectivity index (χ0) is 17.1. The van der Waals surface area contributed by atoms with Crippen LogP contribution in [0.2, 0.25) is 0 Å². The first-order valence-corrected chi connectivity index (χ1v) is 8.42. The fourth-order valence-electron chi connectivity index (χ4n) is 3.28. The predicted molar refractivity (Wildman–Crippen MR) is 104 cm³/mol. The van der Waals surface area contributed by atoms with Crippen molar-refractivity contribution in [1.29, 1.82) is 0 Å². The lowest BCUT2D eigenvalue weighted by Crippen LogP contribution is -2.36. The highest BCUT2D eigenvalue weighted by Crippen LogP contribution is 2.32. The summed E-state index contributed by atoms with van der Waals surface area (Å²) >= 11 is 0. The molecular formula is C23H19NO. The molecule has 122 valence electrons. The summed E-state index contributed by atoms with van der Waals surface area (Å²) in [5.41, 5.74) is 0.768. The fraction of sp³-hybridized carbons (Fsp3) is 0.0870. The van der Waals surface area contributed by atoms with Crippen molar-refractivity contribution in [2.75, 3.05) is 0 Å². The highest BCUT2D eigenvalue weighted by Gasteiger charge is 2.35. The van der Waals surface area contributed by atoms with Crippen molar-refractivity contribution in [2.45, 2.75) is 11.6 Å². The summed E-state index contributed by atoms with van der Waals surface area (Å²) < 4.78 is 0. The molecule has 0 fully saturated rings. The van der Waals surface area contributed by atoms with Crippen LogP contribution in [-0.2, 0) is 5.60 Å². The Labute approximate surface area is 147 Å². The molecule has 2 unspecified atom stereocenters. The van der Waals surface area contributed by atoms with Gasteiger partial charge in [-0.1, -0.05) is 91.0 Å². The van der Waals surface area contributed by atoms with Crippen LogP contribution in [0, 0.1) is 0 Å². The number of aliphatic hydroxyl groups is 1. The average Bonchev–Trinajstić information content (AvgIpc) is 2.68. The molecule has 3 aromatic carbocycles. The third-order valence-electron chi connectivity index (χ3n) is 4.64. The summed E-state index contributed by atoms with van der Waals surface area (Å²) in [7, 11) is 0. The van der Waals surface area contributed by atoms with Crippen LogP contribution in [-0.4, -0.2) is 17.4 Å². The Morgan fingerprint density at radius 2 is 1.60 bits per heavy atom. The molecule has 1 aliphatic rings. The molecule has 0 aliphatic heterocycles. The number of hydrogen-bond acceptors (Lipinski definition) is 2. The lowest BCUT2D eigenvalue weighted by Gasteiger charge is -2.31. The molecule has 1 aliphatic carbocycles. The van der Waals surface area contributed by atoms with Gasteiger partial charge in [-0.15, -0.1) is 0 Å². The van der Waals surface area contributed by atoms with Crippen LogP contribution >= 0.6 is 0 Å². The Kier molecular flexibility index (Phi) is 4.04. The number of rotatable bonds is 3. The molecule has 2 atom stereocenters. The molecule has 4 rings (SSSR count). The first-order valence-electron chi connectivity index (χ1n) is 8.42. The van der Waals surface area contributed by atoms with Crippen molar-refractivity contribution >= 4 is 17.0 Å². The highest BCUT2D eigenvalue weighted by molar-refractivity contribution is 5.99. The molecule has 0 radical (unpaired) electrons. The van der Waals surface area contributed by atoms with Crippen LogP contribution in [0.5, 0.6) is 0 Å². The Morgan fingerprint density at radius 1 is 0.840 bits per heavy atom. The van der Waals surface area contributed by atoms with Gasteiger partial charge in [0.25, 0.3) is 0 Å². The predicted octanol–water partition coefficient (Wildman–Crippen LogP) is 4.64. The standard InChI is InChI=1S/C23H19NO/c25-23(20-12-2-1-3-13-20)16-7-6-15-22(23)24-17-19-11-8-10-18-9-4-5-14-21(18)19/h1-17,22,25H. The SMILES string of the molecule is OC1(c2ccccc2)C=CC=CC1N=Cc1cccc2ccccc12. The molecule has 3 aromatic rings. The zero-order valence-electron chi connectivity index (χ0n) is 13.8. The molecular weight excluding hydrogens is 306 g/mol. The summed E-state index contributed by atoms with van der Waals surface area (Å²) in [6, 6.07) is 23.8. The lowest BCUT2D eigenvalue weighted by atomic mass is 9.83. The molecule has 2 nitrogen and oxygen atoms in total. The summed E-state index contributed by atoms with van der Waals surface area (Å²) in [6.07, 6.45) is 9.42. The second kappa shape index (κ2) is 6.50. The second-order valence-electron chi connectivity index (χ2n) is 6.23. The van der Waals surface area contributed by atoms with Gasteiger partial charge in [-0.2, -0.15) is 0 Å². The number of allylic oxidation sites excluding steroid dienone is 2. The largest absolute Gasteiger partial charge is 0.378 e. The second-order valence-corrected chi connectivity index (χ2v) is 6.23. The quantitative estimate of drug-likeness (QED) is 0.699. The minimum absolute atomic E-state index is 0.362. The van der Waals surface area contributed by atoms with E-state index in [1.54, 1.807) is 0 Å². The van der Waals surface area contributed by atoms with E-state index < -0.39 is 5.60 Å². The van der Waals surface area contributed by atoms with Gasteiger partial charge in [-0.05, 0) is 22.4 Å². The van der Waals surface area contributed by atoms with Crippen molar-refractivity contribution in [3.05, 3.63) is 108 Å². The van der Waals surface area contributed by atoms with Crippen molar-refractivity contribution in [3.63, 3.8) is 0 Å². The molecule has 2 heteroatoms. The Hall–Kier alpha value is -2.97. The van der Waals surface area contributed by atoms with Gasteiger partial charge in [0.1, 0.15) is 11.6 Å². The zero-order valence-corrected chi connectivity index (χ0v) is 13.8. The van der Waals surface area contributed by atoms with Gasteiger partial charge in [-0.3, -0.25) is 4.99 Å². The number of aliphatic imine (C=N–C) groups is 1. The van der Waals surface area contributed by atoms with Crippen LogP contribution in [0.1, 0.15) is 11.1 Å². The maximum absolute atomic E-state index is 11.2. The highest BCUT2D eigenvalue weighted by atomic mass is 16.3. The lowest BCUT2D eigenvalue weighted by molar-refractivity contribution is 0.0752. The van der Waals surface area contributed by atoms with E-state index in [4.69, 9.17) is 4.99 Å². The summed E-state index contributed by atoms with van der Waals surface area (Å²) in [5, 5.41) is 13.6. The minimum atomic E-state index is -1.13. The van der Waals surface area contributed by atoms with Crippen LogP contribution in [0.4, 0.5) is 0 Å². The van der Waals surface area contributed by atoms with Gasteiger partial charge in [0, 0.05) is 11.8 Å². The third-order valence-corrected chi connectivity index (χ3v) is 4.64. The molecule has 0 aromatic heterocycles. The Bertz CT molecular complexity index is 966. The van der Waals surface area contributed by atoms with E-state index in [0.717, 1.165) is 16.5 Å². The third kappa shape index (κ3) is 2.92. The van der Waals surface area contributed by atoms with Crippen LogP contribution in [0.15, 0.2) is 102 Å². The average molecular weight is 325 g/mol. The van der Waals surface area contributed by atoms with Gasteiger partial charge in [-0.25, -0.2) is 0 Å². The van der Waals surface area contributed by atoms with E-state index in [0.29, 0.717) is 0 Å². The summed E-state index contributed by atoms with van der Waals surface area (Å²) in [6.45, 7) is 0. The van der Waals surface area contributed by atoms with Crippen LogP contribution in [0.25, 0.3) is 10.8 Å². The molecule has 0 bridgehead atoms. The van der Waals surface area contributed by atoms with Crippen LogP contribution < -0.4 is 0 Å². The van der Waals surface area contributed by atoms with Crippen molar-refractivity contribution < 1.29 is 5.11 Å². The normalized spacial score (nSPS) is 22.7. The van der Waals surface area contributed by atoms with E-state index in [9.17, 15) is 5.11 Å². The first kappa shape index (κ1) is 15.6. The molecule has 0 heterocycles. The van der Waals surface area contributed by atoms with E-state index >= 15 is 0 Å². The van der Waals surface area contributed by atoms with Gasteiger partial charge in [0.15, 0.2) is 0 Å². The van der Waals surface area contributed by atoms with E-state index in [1.807, 2.05) is 79.0 Å². The molecule has 1 N–H and O–H groups in total. The molecule has 0 saturated carbocycles.